The molecule has 0 radical (unpaired) electrons. The van der Waals surface area contributed by atoms with Crippen LogP contribution >= 0.6 is 0 Å². The number of aromatic hydroxyl groups is 1. The Morgan fingerprint density at radius 2 is 1.81 bits per heavy atom. The molecule has 0 bridgehead atoms. The van der Waals surface area contributed by atoms with Crippen LogP contribution in [-0.4, -0.2) is 47.3 Å². The highest BCUT2D eigenvalue weighted by atomic mass is 16.6. The van der Waals surface area contributed by atoms with E-state index < -0.39 is 29.8 Å². The van der Waals surface area contributed by atoms with Crippen molar-refractivity contribution >= 4 is 11.9 Å². The minimum Gasteiger partial charge on any atom is -0.503 e. The van der Waals surface area contributed by atoms with Crippen molar-refractivity contribution in [2.24, 2.45) is 5.92 Å². The molecule has 1 aromatic heterocycles. The number of ether oxygens (including phenoxy) is 3. The smallest absolute Gasteiger partial charge is 0.328 e. The van der Waals surface area contributed by atoms with Crippen molar-refractivity contribution in [1.82, 2.24) is 10.3 Å². The van der Waals surface area contributed by atoms with E-state index in [-0.39, 0.29) is 23.5 Å². The maximum atomic E-state index is 12.7. The molecule has 2 N–H and O–H groups in total. The average Bonchev–Trinajstić information content (AvgIpc) is 2.76. The van der Waals surface area contributed by atoms with Gasteiger partial charge in [0.1, 0.15) is 24.0 Å². The molecule has 168 valence electrons. The SMILES string of the molecule is CC[C@H](OC(=O)[C@H](C)NC(=O)c1nccc(OC)c1O)[C@H](Oc1ccccc1)C(C)C. The number of methoxy groups -OCH3 is 1. The number of carbonyl (C=O) groups excluding carboxylic acids is 2. The van der Waals surface area contributed by atoms with Crippen LogP contribution in [0.1, 0.15) is 44.6 Å². The number of aromatic nitrogens is 1. The Balaban J connectivity index is 2.06. The van der Waals surface area contributed by atoms with Crippen LogP contribution in [0.5, 0.6) is 17.2 Å². The van der Waals surface area contributed by atoms with Crippen LogP contribution in [0.3, 0.4) is 0 Å². The van der Waals surface area contributed by atoms with Crippen molar-refractivity contribution in [1.29, 1.82) is 0 Å². The molecule has 0 aliphatic rings. The van der Waals surface area contributed by atoms with Crippen LogP contribution in [0.2, 0.25) is 0 Å². The zero-order chi connectivity index (χ0) is 23.0. The van der Waals surface area contributed by atoms with Gasteiger partial charge in [-0.05, 0) is 31.4 Å². The lowest BCUT2D eigenvalue weighted by atomic mass is 9.99. The highest BCUT2D eigenvalue weighted by Crippen LogP contribution is 2.27. The quantitative estimate of drug-likeness (QED) is 0.557. The van der Waals surface area contributed by atoms with Gasteiger partial charge in [-0.1, -0.05) is 39.0 Å². The first-order valence-corrected chi connectivity index (χ1v) is 10.2. The minimum absolute atomic E-state index is 0.0841. The number of esters is 1. The standard InChI is InChI=1S/C23H30N2O6/c1-6-17(21(14(2)3)30-16-10-8-7-9-11-16)31-23(28)15(4)25-22(27)19-20(26)18(29-5)12-13-24-19/h7-15,17,21,26H,6H2,1-5H3,(H,25,27)/t15-,17-,21+/m0/s1. The molecule has 1 amide bonds. The number of hydrogen-bond acceptors (Lipinski definition) is 7. The van der Waals surface area contributed by atoms with Crippen molar-refractivity contribution in [3.8, 4) is 17.2 Å². The Bertz CT molecular complexity index is 872. The third-order valence-corrected chi connectivity index (χ3v) is 4.73. The van der Waals surface area contributed by atoms with Crippen LogP contribution in [0, 0.1) is 5.92 Å². The van der Waals surface area contributed by atoms with Crippen LogP contribution in [-0.2, 0) is 9.53 Å². The summed E-state index contributed by atoms with van der Waals surface area (Å²) >= 11 is 0. The fourth-order valence-electron chi connectivity index (χ4n) is 3.02. The van der Waals surface area contributed by atoms with Gasteiger partial charge in [0, 0.05) is 12.3 Å². The molecule has 0 aliphatic heterocycles. The van der Waals surface area contributed by atoms with Crippen LogP contribution in [0.25, 0.3) is 0 Å². The van der Waals surface area contributed by atoms with E-state index in [1.807, 2.05) is 51.1 Å². The van der Waals surface area contributed by atoms with E-state index in [0.717, 1.165) is 0 Å². The van der Waals surface area contributed by atoms with Gasteiger partial charge in [-0.15, -0.1) is 0 Å². The average molecular weight is 431 g/mol. The number of benzene rings is 1. The second kappa shape index (κ2) is 11.2. The molecule has 8 nitrogen and oxygen atoms in total. The highest BCUT2D eigenvalue weighted by Gasteiger charge is 2.31. The van der Waals surface area contributed by atoms with Gasteiger partial charge in [0.2, 0.25) is 0 Å². The number of para-hydroxylation sites is 1. The number of nitrogens with zero attached hydrogens (tertiary/aromatic N) is 1. The van der Waals surface area contributed by atoms with E-state index in [4.69, 9.17) is 14.2 Å². The number of rotatable bonds is 10. The van der Waals surface area contributed by atoms with Crippen molar-refractivity contribution in [2.45, 2.75) is 52.4 Å². The molecule has 0 saturated carbocycles. The molecule has 2 aromatic rings. The summed E-state index contributed by atoms with van der Waals surface area (Å²) in [5.41, 5.74) is -0.237. The highest BCUT2D eigenvalue weighted by molar-refractivity contribution is 5.97. The second-order valence-electron chi connectivity index (χ2n) is 7.43. The normalized spacial score (nSPS) is 13.7. The third kappa shape index (κ3) is 6.34. The summed E-state index contributed by atoms with van der Waals surface area (Å²) < 4.78 is 16.7. The molecule has 0 spiro atoms. The molecular weight excluding hydrogens is 400 g/mol. The molecule has 8 heteroatoms. The summed E-state index contributed by atoms with van der Waals surface area (Å²) in [5.74, 6) is -0.831. The lowest BCUT2D eigenvalue weighted by Crippen LogP contribution is -2.45. The van der Waals surface area contributed by atoms with Crippen LogP contribution in [0.4, 0.5) is 0 Å². The summed E-state index contributed by atoms with van der Waals surface area (Å²) in [4.78, 5) is 29.0. The van der Waals surface area contributed by atoms with E-state index in [1.54, 1.807) is 0 Å². The molecule has 0 aliphatic carbocycles. The second-order valence-corrected chi connectivity index (χ2v) is 7.43. The Hall–Kier alpha value is -3.29. The summed E-state index contributed by atoms with van der Waals surface area (Å²) in [5, 5.41) is 12.6. The molecule has 0 fully saturated rings. The van der Waals surface area contributed by atoms with Gasteiger partial charge >= 0.3 is 5.97 Å². The minimum atomic E-state index is -0.960. The van der Waals surface area contributed by atoms with E-state index in [2.05, 4.69) is 10.3 Å². The Labute approximate surface area is 182 Å². The molecule has 1 heterocycles. The monoisotopic (exact) mass is 430 g/mol. The van der Waals surface area contributed by atoms with Gasteiger partial charge in [-0.3, -0.25) is 4.79 Å². The van der Waals surface area contributed by atoms with E-state index in [9.17, 15) is 14.7 Å². The van der Waals surface area contributed by atoms with E-state index in [0.29, 0.717) is 12.2 Å². The van der Waals surface area contributed by atoms with Gasteiger partial charge in [0.25, 0.3) is 5.91 Å². The first kappa shape index (κ1) is 24.0. The van der Waals surface area contributed by atoms with Gasteiger partial charge in [-0.25, -0.2) is 9.78 Å². The van der Waals surface area contributed by atoms with Crippen LogP contribution in [0.15, 0.2) is 42.6 Å². The fraction of sp³-hybridized carbons (Fsp3) is 0.435. The molecule has 2 rings (SSSR count). The molecule has 1 aromatic carbocycles. The molecule has 31 heavy (non-hydrogen) atoms. The zero-order valence-electron chi connectivity index (χ0n) is 18.5. The Morgan fingerprint density at radius 1 is 1.13 bits per heavy atom. The van der Waals surface area contributed by atoms with Crippen molar-refractivity contribution in [3.63, 3.8) is 0 Å². The Kier molecular flexibility index (Phi) is 8.66. The molecule has 0 saturated heterocycles. The molecule has 0 unspecified atom stereocenters. The Morgan fingerprint density at radius 3 is 2.39 bits per heavy atom. The largest absolute Gasteiger partial charge is 0.503 e. The number of nitrogens with one attached hydrogen (secondary N) is 1. The van der Waals surface area contributed by atoms with Crippen LogP contribution < -0.4 is 14.8 Å². The first-order valence-electron chi connectivity index (χ1n) is 10.2. The van der Waals surface area contributed by atoms with Gasteiger partial charge in [0.05, 0.1) is 7.11 Å². The summed E-state index contributed by atoms with van der Waals surface area (Å²) in [7, 11) is 1.37. The molecular formula is C23H30N2O6. The topological polar surface area (TPSA) is 107 Å². The number of amides is 1. The van der Waals surface area contributed by atoms with Gasteiger partial charge in [-0.2, -0.15) is 0 Å². The molecule has 3 atom stereocenters. The van der Waals surface area contributed by atoms with E-state index in [1.165, 1.54) is 26.3 Å². The first-order chi connectivity index (χ1) is 14.8. The van der Waals surface area contributed by atoms with Gasteiger partial charge < -0.3 is 24.6 Å². The summed E-state index contributed by atoms with van der Waals surface area (Å²) in [6, 6.07) is 9.81. The number of hydrogen-bond donors (Lipinski definition) is 2. The summed E-state index contributed by atoms with van der Waals surface area (Å²) in [6.45, 7) is 7.40. The number of carbonyl (C=O) groups is 2. The maximum Gasteiger partial charge on any atom is 0.328 e. The number of pyridine rings is 1. The predicted octanol–water partition coefficient (Wildman–Crippen LogP) is 3.34. The maximum absolute atomic E-state index is 12.7. The van der Waals surface area contributed by atoms with Crippen molar-refractivity contribution in [3.05, 3.63) is 48.3 Å². The van der Waals surface area contributed by atoms with Gasteiger partial charge in [0.15, 0.2) is 17.2 Å². The fourth-order valence-corrected chi connectivity index (χ4v) is 3.02. The predicted molar refractivity (Wildman–Crippen MR) is 115 cm³/mol. The van der Waals surface area contributed by atoms with E-state index >= 15 is 0 Å². The van der Waals surface area contributed by atoms with Crippen molar-refractivity contribution in [2.75, 3.05) is 7.11 Å². The lowest BCUT2D eigenvalue weighted by Gasteiger charge is -2.30. The lowest BCUT2D eigenvalue weighted by molar-refractivity contribution is -0.157. The summed E-state index contributed by atoms with van der Waals surface area (Å²) in [6.07, 6.45) is 1.01. The van der Waals surface area contributed by atoms with Crippen molar-refractivity contribution < 1.29 is 28.9 Å². The third-order valence-electron chi connectivity index (χ3n) is 4.73. The zero-order valence-corrected chi connectivity index (χ0v) is 18.5.